The van der Waals surface area contributed by atoms with Crippen LogP contribution in [0.15, 0.2) is 24.4 Å². The van der Waals surface area contributed by atoms with Crippen LogP contribution in [0.5, 0.6) is 0 Å². The maximum absolute atomic E-state index is 10.9. The van der Waals surface area contributed by atoms with Gasteiger partial charge in [0.2, 0.25) is 5.91 Å². The Morgan fingerprint density at radius 3 is 2.94 bits per heavy atom. The van der Waals surface area contributed by atoms with Crippen LogP contribution in [0.1, 0.15) is 31.9 Å². The van der Waals surface area contributed by atoms with Crippen molar-refractivity contribution in [3.05, 3.63) is 30.1 Å². The summed E-state index contributed by atoms with van der Waals surface area (Å²) in [6.45, 7) is 2.12. The number of pyridine rings is 1. The summed E-state index contributed by atoms with van der Waals surface area (Å²) in [5.74, 6) is 0.630. The number of hydrogen-bond acceptors (Lipinski definition) is 3. The van der Waals surface area contributed by atoms with E-state index in [1.807, 2.05) is 18.2 Å². The molecule has 16 heavy (non-hydrogen) atoms. The molecule has 88 valence electrons. The topological polar surface area (TPSA) is 56.0 Å². The van der Waals surface area contributed by atoms with E-state index in [1.54, 1.807) is 18.0 Å². The van der Waals surface area contributed by atoms with Gasteiger partial charge in [-0.15, -0.1) is 0 Å². The molecule has 3 nitrogen and oxygen atoms in total. The van der Waals surface area contributed by atoms with Crippen molar-refractivity contribution in [2.24, 2.45) is 5.73 Å². The largest absolute Gasteiger partial charge is 0.370 e. The zero-order valence-corrected chi connectivity index (χ0v) is 10.4. The predicted octanol–water partition coefficient (Wildman–Crippen LogP) is 2.36. The third kappa shape index (κ3) is 5.16. The number of amides is 1. The van der Waals surface area contributed by atoms with Gasteiger partial charge in [0.05, 0.1) is 5.69 Å². The molecule has 0 saturated heterocycles. The van der Waals surface area contributed by atoms with E-state index in [9.17, 15) is 4.79 Å². The average Bonchev–Trinajstić information content (AvgIpc) is 2.27. The molecule has 1 rings (SSSR count). The molecule has 0 aliphatic carbocycles. The van der Waals surface area contributed by atoms with Gasteiger partial charge in [0, 0.05) is 23.6 Å². The number of nitrogens with two attached hydrogens (primary N) is 1. The van der Waals surface area contributed by atoms with E-state index in [4.69, 9.17) is 5.73 Å². The molecule has 0 spiro atoms. The number of carbonyl (C=O) groups is 1. The highest BCUT2D eigenvalue weighted by Crippen LogP contribution is 2.23. The third-order valence-corrected chi connectivity index (χ3v) is 3.57. The minimum atomic E-state index is -0.216. The van der Waals surface area contributed by atoms with E-state index < -0.39 is 0 Å². The molecule has 0 saturated carbocycles. The minimum absolute atomic E-state index is 0.216. The molecule has 0 bridgehead atoms. The number of hydrogen-bond donors (Lipinski definition) is 1. The van der Waals surface area contributed by atoms with Crippen LogP contribution in [0, 0.1) is 0 Å². The fourth-order valence-corrected chi connectivity index (χ4v) is 2.74. The lowest BCUT2D eigenvalue weighted by Gasteiger charge is -2.13. The summed E-state index contributed by atoms with van der Waals surface area (Å²) < 4.78 is 0. The summed E-state index contributed by atoms with van der Waals surface area (Å²) >= 11 is 1.76. The highest BCUT2D eigenvalue weighted by atomic mass is 32.2. The summed E-state index contributed by atoms with van der Waals surface area (Å²) in [6.07, 6.45) is 4.36. The number of carbonyl (C=O) groups excluding carboxylic acids is 1. The van der Waals surface area contributed by atoms with Crippen LogP contribution in [0.2, 0.25) is 0 Å². The van der Waals surface area contributed by atoms with Crippen molar-refractivity contribution in [1.82, 2.24) is 4.98 Å². The van der Waals surface area contributed by atoms with Gasteiger partial charge in [-0.3, -0.25) is 9.78 Å². The predicted molar refractivity (Wildman–Crippen MR) is 68.0 cm³/mol. The van der Waals surface area contributed by atoms with Gasteiger partial charge in [-0.1, -0.05) is 19.4 Å². The van der Waals surface area contributed by atoms with Crippen molar-refractivity contribution in [1.29, 1.82) is 0 Å². The molecule has 1 unspecified atom stereocenters. The zero-order chi connectivity index (χ0) is 11.8. The Morgan fingerprint density at radius 2 is 2.38 bits per heavy atom. The summed E-state index contributed by atoms with van der Waals surface area (Å²) in [5.41, 5.74) is 6.28. The fourth-order valence-electron chi connectivity index (χ4n) is 1.48. The second-order valence-electron chi connectivity index (χ2n) is 3.71. The Balaban J connectivity index is 2.40. The van der Waals surface area contributed by atoms with Crippen LogP contribution < -0.4 is 5.73 Å². The van der Waals surface area contributed by atoms with Crippen LogP contribution >= 0.6 is 11.8 Å². The van der Waals surface area contributed by atoms with Crippen LogP contribution in [0.25, 0.3) is 0 Å². The Labute approximate surface area is 101 Å². The highest BCUT2D eigenvalue weighted by Gasteiger charge is 2.11. The van der Waals surface area contributed by atoms with Crippen molar-refractivity contribution in [2.75, 3.05) is 0 Å². The number of thioether (sulfide) groups is 1. The van der Waals surface area contributed by atoms with E-state index >= 15 is 0 Å². The second kappa shape index (κ2) is 7.28. The zero-order valence-electron chi connectivity index (χ0n) is 9.56. The first-order chi connectivity index (χ1) is 7.72. The van der Waals surface area contributed by atoms with Crippen molar-refractivity contribution in [2.45, 2.75) is 37.2 Å². The number of nitrogens with zero attached hydrogens (tertiary/aromatic N) is 1. The normalized spacial score (nSPS) is 12.3. The molecule has 2 N–H and O–H groups in total. The Bertz CT molecular complexity index is 316. The van der Waals surface area contributed by atoms with E-state index in [0.717, 1.165) is 24.3 Å². The van der Waals surface area contributed by atoms with Crippen LogP contribution in [0.3, 0.4) is 0 Å². The van der Waals surface area contributed by atoms with Crippen LogP contribution in [-0.4, -0.2) is 16.1 Å². The minimum Gasteiger partial charge on any atom is -0.370 e. The fraction of sp³-hybridized carbons (Fsp3) is 0.500. The lowest BCUT2D eigenvalue weighted by Crippen LogP contribution is -2.18. The molecule has 1 aromatic heterocycles. The molecular formula is C12H18N2OS. The van der Waals surface area contributed by atoms with Gasteiger partial charge < -0.3 is 5.73 Å². The Kier molecular flexibility index (Phi) is 5.93. The van der Waals surface area contributed by atoms with Gasteiger partial charge in [0.1, 0.15) is 0 Å². The molecule has 0 radical (unpaired) electrons. The third-order valence-electron chi connectivity index (χ3n) is 2.23. The monoisotopic (exact) mass is 238 g/mol. The van der Waals surface area contributed by atoms with E-state index in [-0.39, 0.29) is 5.91 Å². The van der Waals surface area contributed by atoms with Crippen LogP contribution in [-0.2, 0) is 10.5 Å². The van der Waals surface area contributed by atoms with Crippen molar-refractivity contribution in [3.63, 3.8) is 0 Å². The van der Waals surface area contributed by atoms with E-state index in [2.05, 4.69) is 11.9 Å². The number of rotatable bonds is 7. The summed E-state index contributed by atoms with van der Waals surface area (Å²) in [7, 11) is 0. The lowest BCUT2D eigenvalue weighted by atomic mass is 10.2. The summed E-state index contributed by atoms with van der Waals surface area (Å²) in [5, 5.41) is 0.324. The van der Waals surface area contributed by atoms with E-state index in [1.165, 1.54) is 0 Å². The van der Waals surface area contributed by atoms with Crippen LogP contribution in [0.4, 0.5) is 0 Å². The van der Waals surface area contributed by atoms with Gasteiger partial charge >= 0.3 is 0 Å². The number of aromatic nitrogens is 1. The molecule has 0 aliphatic heterocycles. The smallest absolute Gasteiger partial charge is 0.218 e. The van der Waals surface area contributed by atoms with Crippen molar-refractivity contribution < 1.29 is 4.79 Å². The van der Waals surface area contributed by atoms with Crippen molar-refractivity contribution >= 4 is 17.7 Å². The van der Waals surface area contributed by atoms with Gasteiger partial charge in [-0.25, -0.2) is 0 Å². The first-order valence-corrected chi connectivity index (χ1v) is 6.57. The molecule has 0 aliphatic rings. The SMILES string of the molecule is CCCC(CC(N)=O)SCc1ccccn1. The molecule has 1 amide bonds. The number of primary amides is 1. The molecule has 4 heteroatoms. The van der Waals surface area contributed by atoms with Gasteiger partial charge in [-0.05, 0) is 18.6 Å². The van der Waals surface area contributed by atoms with Gasteiger partial charge in [0.15, 0.2) is 0 Å². The molecular weight excluding hydrogens is 220 g/mol. The van der Waals surface area contributed by atoms with Gasteiger partial charge in [-0.2, -0.15) is 11.8 Å². The Hall–Kier alpha value is -1.03. The van der Waals surface area contributed by atoms with Crippen molar-refractivity contribution in [3.8, 4) is 0 Å². The summed E-state index contributed by atoms with van der Waals surface area (Å²) in [4.78, 5) is 15.1. The first-order valence-electron chi connectivity index (χ1n) is 5.52. The molecule has 0 fully saturated rings. The molecule has 0 aromatic carbocycles. The highest BCUT2D eigenvalue weighted by molar-refractivity contribution is 7.99. The quantitative estimate of drug-likeness (QED) is 0.793. The molecule has 1 atom stereocenters. The Morgan fingerprint density at radius 1 is 1.56 bits per heavy atom. The maximum atomic E-state index is 10.9. The van der Waals surface area contributed by atoms with E-state index in [0.29, 0.717) is 11.7 Å². The second-order valence-corrected chi connectivity index (χ2v) is 5.00. The maximum Gasteiger partial charge on any atom is 0.218 e. The summed E-state index contributed by atoms with van der Waals surface area (Å²) in [6, 6.07) is 5.88. The average molecular weight is 238 g/mol. The molecule has 1 heterocycles. The van der Waals surface area contributed by atoms with Gasteiger partial charge in [0.25, 0.3) is 0 Å². The standard InChI is InChI=1S/C12H18N2OS/c1-2-5-11(8-12(13)15)16-9-10-6-3-4-7-14-10/h3-4,6-7,11H,2,5,8-9H2,1H3,(H2,13,15). The molecule has 1 aromatic rings. The first kappa shape index (κ1) is 13.0. The lowest BCUT2D eigenvalue weighted by molar-refractivity contribution is -0.118.